The smallest absolute Gasteiger partial charge is 0.308 e. The van der Waals surface area contributed by atoms with Gasteiger partial charge in [0.1, 0.15) is 0 Å². The average molecular weight is 401 g/mol. The van der Waals surface area contributed by atoms with Gasteiger partial charge in [0.15, 0.2) is 0 Å². The standard InChI is InChI=1S/C21H27N3O5/c1-13(2)24-12-16(10-18(24)25)19(26)22-17-7-5-14(6-8-17)20(27)23-9-3-4-15(11-23)21(28)29/h5-8,13,15-16H,3-4,9-12H2,1-2H3,(H,22,26)(H,28,29). The highest BCUT2D eigenvalue weighted by Crippen LogP contribution is 2.23. The Kier molecular flexibility index (Phi) is 6.20. The highest BCUT2D eigenvalue weighted by Gasteiger charge is 2.35. The highest BCUT2D eigenvalue weighted by atomic mass is 16.4. The number of piperidine rings is 1. The summed E-state index contributed by atoms with van der Waals surface area (Å²) < 4.78 is 0. The molecule has 8 heteroatoms. The van der Waals surface area contributed by atoms with Crippen molar-refractivity contribution in [2.75, 3.05) is 25.0 Å². The lowest BCUT2D eigenvalue weighted by atomic mass is 9.97. The number of nitrogens with one attached hydrogen (secondary N) is 1. The van der Waals surface area contributed by atoms with Gasteiger partial charge in [-0.1, -0.05) is 0 Å². The number of carbonyl (C=O) groups is 4. The van der Waals surface area contributed by atoms with E-state index in [0.717, 1.165) is 0 Å². The molecule has 2 N–H and O–H groups in total. The molecular formula is C21H27N3O5. The Morgan fingerprint density at radius 2 is 1.79 bits per heavy atom. The lowest BCUT2D eigenvalue weighted by molar-refractivity contribution is -0.143. The molecule has 0 aromatic heterocycles. The highest BCUT2D eigenvalue weighted by molar-refractivity contribution is 5.98. The third kappa shape index (κ3) is 4.75. The summed E-state index contributed by atoms with van der Waals surface area (Å²) in [5, 5.41) is 12.0. The minimum absolute atomic E-state index is 0.0118. The van der Waals surface area contributed by atoms with Crippen LogP contribution in [-0.2, 0) is 14.4 Å². The van der Waals surface area contributed by atoms with Crippen molar-refractivity contribution < 1.29 is 24.3 Å². The second kappa shape index (κ2) is 8.63. The molecule has 0 saturated carbocycles. The Balaban J connectivity index is 1.59. The van der Waals surface area contributed by atoms with Crippen LogP contribution in [0.4, 0.5) is 5.69 Å². The lowest BCUT2D eigenvalue weighted by Gasteiger charge is -2.30. The molecule has 1 aromatic rings. The van der Waals surface area contributed by atoms with E-state index >= 15 is 0 Å². The van der Waals surface area contributed by atoms with Gasteiger partial charge in [-0.05, 0) is 51.0 Å². The summed E-state index contributed by atoms with van der Waals surface area (Å²) in [4.78, 5) is 51.6. The number of carboxylic acids is 1. The lowest BCUT2D eigenvalue weighted by Crippen LogP contribution is -2.42. The molecule has 0 bridgehead atoms. The molecule has 0 spiro atoms. The predicted molar refractivity (Wildman–Crippen MR) is 106 cm³/mol. The Labute approximate surface area is 169 Å². The Morgan fingerprint density at radius 3 is 2.38 bits per heavy atom. The van der Waals surface area contributed by atoms with Gasteiger partial charge in [-0.3, -0.25) is 19.2 Å². The maximum absolute atomic E-state index is 12.6. The number of amides is 3. The van der Waals surface area contributed by atoms with Crippen LogP contribution >= 0.6 is 0 Å². The third-order valence-corrected chi connectivity index (χ3v) is 5.61. The Morgan fingerprint density at radius 1 is 1.10 bits per heavy atom. The number of anilines is 1. The minimum atomic E-state index is -0.873. The van der Waals surface area contributed by atoms with E-state index < -0.39 is 11.9 Å². The van der Waals surface area contributed by atoms with Crippen molar-refractivity contribution in [3.05, 3.63) is 29.8 Å². The second-order valence-corrected chi connectivity index (χ2v) is 8.04. The minimum Gasteiger partial charge on any atom is -0.481 e. The van der Waals surface area contributed by atoms with E-state index in [-0.39, 0.29) is 42.6 Å². The van der Waals surface area contributed by atoms with E-state index in [0.29, 0.717) is 37.2 Å². The van der Waals surface area contributed by atoms with Gasteiger partial charge in [0.25, 0.3) is 5.91 Å². The molecule has 0 radical (unpaired) electrons. The molecule has 0 aliphatic carbocycles. The summed E-state index contributed by atoms with van der Waals surface area (Å²) in [6.45, 7) is 5.03. The van der Waals surface area contributed by atoms with Crippen molar-refractivity contribution in [2.24, 2.45) is 11.8 Å². The molecule has 29 heavy (non-hydrogen) atoms. The van der Waals surface area contributed by atoms with Crippen LogP contribution in [0.5, 0.6) is 0 Å². The van der Waals surface area contributed by atoms with E-state index in [4.69, 9.17) is 0 Å². The summed E-state index contributed by atoms with van der Waals surface area (Å²) in [6.07, 6.45) is 1.46. The summed E-state index contributed by atoms with van der Waals surface area (Å²) in [5.74, 6) is -2.20. The summed E-state index contributed by atoms with van der Waals surface area (Å²) >= 11 is 0. The molecule has 2 heterocycles. The van der Waals surface area contributed by atoms with Gasteiger partial charge in [0.2, 0.25) is 11.8 Å². The van der Waals surface area contributed by atoms with E-state index in [1.165, 1.54) is 0 Å². The third-order valence-electron chi connectivity index (χ3n) is 5.61. The number of rotatable bonds is 5. The predicted octanol–water partition coefficient (Wildman–Crippen LogP) is 1.82. The number of benzene rings is 1. The van der Waals surface area contributed by atoms with Crippen LogP contribution < -0.4 is 5.32 Å². The van der Waals surface area contributed by atoms with Gasteiger partial charge >= 0.3 is 5.97 Å². The van der Waals surface area contributed by atoms with Crippen molar-refractivity contribution in [3.63, 3.8) is 0 Å². The number of hydrogen-bond acceptors (Lipinski definition) is 4. The van der Waals surface area contributed by atoms with Gasteiger partial charge in [0, 0.05) is 43.3 Å². The molecule has 2 unspecified atom stereocenters. The molecular weight excluding hydrogens is 374 g/mol. The molecule has 3 rings (SSSR count). The van der Waals surface area contributed by atoms with Crippen LogP contribution in [0, 0.1) is 11.8 Å². The Hall–Kier alpha value is -2.90. The molecule has 156 valence electrons. The number of nitrogens with zero attached hydrogens (tertiary/aromatic N) is 2. The molecule has 3 amide bonds. The first-order valence-electron chi connectivity index (χ1n) is 9.98. The summed E-state index contributed by atoms with van der Waals surface area (Å²) in [6, 6.07) is 6.63. The number of carbonyl (C=O) groups excluding carboxylic acids is 3. The van der Waals surface area contributed by atoms with Crippen LogP contribution in [0.1, 0.15) is 43.5 Å². The fourth-order valence-electron chi connectivity index (χ4n) is 3.89. The van der Waals surface area contributed by atoms with Gasteiger partial charge in [-0.2, -0.15) is 0 Å². The molecule has 2 atom stereocenters. The van der Waals surface area contributed by atoms with Gasteiger partial charge in [-0.25, -0.2) is 0 Å². The number of carboxylic acid groups (broad SMARTS) is 1. The monoisotopic (exact) mass is 401 g/mol. The topological polar surface area (TPSA) is 107 Å². The molecule has 2 fully saturated rings. The number of hydrogen-bond donors (Lipinski definition) is 2. The van der Waals surface area contributed by atoms with Crippen molar-refractivity contribution in [1.29, 1.82) is 0 Å². The van der Waals surface area contributed by atoms with Gasteiger partial charge < -0.3 is 20.2 Å². The zero-order valence-electron chi connectivity index (χ0n) is 16.8. The van der Waals surface area contributed by atoms with E-state index in [1.807, 2.05) is 13.8 Å². The molecule has 2 saturated heterocycles. The zero-order valence-corrected chi connectivity index (χ0v) is 16.8. The SMILES string of the molecule is CC(C)N1CC(C(=O)Nc2ccc(C(=O)N3CCCC(C(=O)O)C3)cc2)CC1=O. The Bertz CT molecular complexity index is 805. The van der Waals surface area contributed by atoms with Crippen molar-refractivity contribution >= 4 is 29.4 Å². The first kappa shape index (κ1) is 20.8. The molecule has 2 aliphatic rings. The fraction of sp³-hybridized carbons (Fsp3) is 0.524. The van der Waals surface area contributed by atoms with E-state index in [9.17, 15) is 24.3 Å². The number of aliphatic carboxylic acids is 1. The average Bonchev–Trinajstić information content (AvgIpc) is 3.10. The maximum atomic E-state index is 12.6. The first-order chi connectivity index (χ1) is 13.8. The summed E-state index contributed by atoms with van der Waals surface area (Å²) in [5.41, 5.74) is 1.01. The fourth-order valence-corrected chi connectivity index (χ4v) is 3.89. The molecule has 1 aromatic carbocycles. The van der Waals surface area contributed by atoms with Crippen molar-refractivity contribution in [2.45, 2.75) is 39.2 Å². The second-order valence-electron chi connectivity index (χ2n) is 8.04. The van der Waals surface area contributed by atoms with Crippen molar-refractivity contribution in [3.8, 4) is 0 Å². The van der Waals surface area contributed by atoms with E-state index in [2.05, 4.69) is 5.32 Å². The van der Waals surface area contributed by atoms with Gasteiger partial charge in [0.05, 0.1) is 11.8 Å². The van der Waals surface area contributed by atoms with Crippen molar-refractivity contribution in [1.82, 2.24) is 9.80 Å². The molecule has 8 nitrogen and oxygen atoms in total. The number of likely N-dealkylation sites (tertiary alicyclic amines) is 2. The largest absolute Gasteiger partial charge is 0.481 e. The maximum Gasteiger partial charge on any atom is 0.308 e. The van der Waals surface area contributed by atoms with Crippen LogP contribution in [0.25, 0.3) is 0 Å². The van der Waals surface area contributed by atoms with Crippen LogP contribution in [-0.4, -0.2) is 64.3 Å². The first-order valence-corrected chi connectivity index (χ1v) is 9.98. The van der Waals surface area contributed by atoms with E-state index in [1.54, 1.807) is 34.1 Å². The van der Waals surface area contributed by atoms with Crippen LogP contribution in [0.2, 0.25) is 0 Å². The molecule has 2 aliphatic heterocycles. The van der Waals surface area contributed by atoms with Crippen LogP contribution in [0.3, 0.4) is 0 Å². The van der Waals surface area contributed by atoms with Crippen LogP contribution in [0.15, 0.2) is 24.3 Å². The normalized spacial score (nSPS) is 22.1. The zero-order chi connectivity index (χ0) is 21.1. The summed E-state index contributed by atoms with van der Waals surface area (Å²) in [7, 11) is 0. The van der Waals surface area contributed by atoms with Gasteiger partial charge in [-0.15, -0.1) is 0 Å². The quantitative estimate of drug-likeness (QED) is 0.783.